The van der Waals surface area contributed by atoms with Crippen molar-refractivity contribution in [3.63, 3.8) is 0 Å². The number of fused-ring (bicyclic) bond motifs is 3. The zero-order chi connectivity index (χ0) is 22.5. The maximum absolute atomic E-state index is 5.39. The predicted octanol–water partition coefficient (Wildman–Crippen LogP) is 6.90. The number of unbranched alkanes of at least 4 members (excludes halogenated alkanes) is 1. The fourth-order valence-corrected chi connectivity index (χ4v) is 5.83. The van der Waals surface area contributed by atoms with Gasteiger partial charge in [0.1, 0.15) is 0 Å². The molecule has 6 rings (SSSR count). The number of piperidine rings is 3. The Morgan fingerprint density at radius 1 is 0.818 bits per heavy atom. The molecule has 170 valence electrons. The second-order valence-corrected chi connectivity index (χ2v) is 9.72. The van der Waals surface area contributed by atoms with E-state index in [0.717, 1.165) is 6.54 Å². The lowest BCUT2D eigenvalue weighted by Gasteiger charge is -2.49. The summed E-state index contributed by atoms with van der Waals surface area (Å²) in [6.07, 6.45) is 6.17. The largest absolute Gasteiger partial charge is 0.294 e. The standard InChI is InChI=1S/C31H36N2/c1-2-3-11-24-12-10-13-25(22-24)23-32-30-28-18-20-33(21-19-28)31(30)29(26-14-6-4-7-15-26)27-16-8-5-9-17-27/h4-10,12-17,22,28-29,31H,2-3,11,18-21,23H2,1H3/t31-/m0/s1. The molecule has 0 N–H and O–H groups in total. The molecule has 3 heterocycles. The molecule has 3 fully saturated rings. The molecule has 2 heteroatoms. The molecule has 3 saturated heterocycles. The summed E-state index contributed by atoms with van der Waals surface area (Å²) in [7, 11) is 0. The van der Waals surface area contributed by atoms with E-state index >= 15 is 0 Å². The Kier molecular flexibility index (Phi) is 7.02. The van der Waals surface area contributed by atoms with Crippen LogP contribution in [-0.4, -0.2) is 29.7 Å². The molecular weight excluding hydrogens is 400 g/mol. The molecule has 2 bridgehead atoms. The molecule has 3 aromatic rings. The van der Waals surface area contributed by atoms with E-state index in [9.17, 15) is 0 Å². The molecule has 33 heavy (non-hydrogen) atoms. The second kappa shape index (κ2) is 10.5. The van der Waals surface area contributed by atoms with E-state index in [2.05, 4.69) is 96.8 Å². The quantitative estimate of drug-likeness (QED) is 0.375. The molecule has 3 aliphatic rings. The maximum atomic E-state index is 5.39. The minimum atomic E-state index is 0.324. The van der Waals surface area contributed by atoms with Crippen LogP contribution in [0.3, 0.4) is 0 Å². The van der Waals surface area contributed by atoms with E-state index in [1.807, 2.05) is 0 Å². The van der Waals surface area contributed by atoms with Crippen LogP contribution in [-0.2, 0) is 13.0 Å². The minimum absolute atomic E-state index is 0.324. The van der Waals surface area contributed by atoms with Crippen LogP contribution in [0.2, 0.25) is 0 Å². The van der Waals surface area contributed by atoms with Crippen molar-refractivity contribution in [2.75, 3.05) is 13.1 Å². The van der Waals surface area contributed by atoms with Gasteiger partial charge in [0.05, 0.1) is 12.6 Å². The molecule has 3 aliphatic heterocycles. The van der Waals surface area contributed by atoms with Crippen molar-refractivity contribution < 1.29 is 0 Å². The molecule has 0 saturated carbocycles. The smallest absolute Gasteiger partial charge is 0.0640 e. The van der Waals surface area contributed by atoms with Crippen molar-refractivity contribution in [2.45, 2.75) is 57.5 Å². The summed E-state index contributed by atoms with van der Waals surface area (Å²) in [5, 5.41) is 0. The van der Waals surface area contributed by atoms with Crippen molar-refractivity contribution in [1.82, 2.24) is 4.90 Å². The van der Waals surface area contributed by atoms with Crippen LogP contribution in [0.5, 0.6) is 0 Å². The van der Waals surface area contributed by atoms with Gasteiger partial charge in [-0.05, 0) is 61.0 Å². The van der Waals surface area contributed by atoms with Gasteiger partial charge in [0.2, 0.25) is 0 Å². The lowest BCUT2D eigenvalue weighted by Crippen LogP contribution is -2.58. The average molecular weight is 437 g/mol. The third-order valence-corrected chi connectivity index (χ3v) is 7.53. The predicted molar refractivity (Wildman–Crippen MR) is 139 cm³/mol. The van der Waals surface area contributed by atoms with Crippen LogP contribution in [0, 0.1) is 5.92 Å². The van der Waals surface area contributed by atoms with Crippen molar-refractivity contribution in [1.29, 1.82) is 0 Å². The first-order valence-corrected chi connectivity index (χ1v) is 12.8. The highest BCUT2D eigenvalue weighted by Crippen LogP contribution is 2.40. The Bertz CT molecular complexity index is 1010. The number of hydrogen-bond donors (Lipinski definition) is 0. The van der Waals surface area contributed by atoms with Crippen LogP contribution in [0.25, 0.3) is 0 Å². The van der Waals surface area contributed by atoms with Gasteiger partial charge in [-0.25, -0.2) is 0 Å². The van der Waals surface area contributed by atoms with Gasteiger partial charge in [0.25, 0.3) is 0 Å². The van der Waals surface area contributed by atoms with E-state index in [4.69, 9.17) is 4.99 Å². The van der Waals surface area contributed by atoms with E-state index in [-0.39, 0.29) is 0 Å². The Balaban J connectivity index is 1.49. The number of hydrogen-bond acceptors (Lipinski definition) is 2. The molecule has 0 amide bonds. The number of nitrogens with zero attached hydrogens (tertiary/aromatic N) is 2. The van der Waals surface area contributed by atoms with E-state index < -0.39 is 0 Å². The summed E-state index contributed by atoms with van der Waals surface area (Å²) in [5.41, 5.74) is 7.03. The first-order chi connectivity index (χ1) is 16.3. The fraction of sp³-hybridized carbons (Fsp3) is 0.387. The Morgan fingerprint density at radius 3 is 2.09 bits per heavy atom. The van der Waals surface area contributed by atoms with Gasteiger partial charge >= 0.3 is 0 Å². The van der Waals surface area contributed by atoms with E-state index in [1.54, 1.807) is 0 Å². The summed E-state index contributed by atoms with van der Waals surface area (Å²) in [6.45, 7) is 5.44. The highest BCUT2D eigenvalue weighted by Gasteiger charge is 2.43. The van der Waals surface area contributed by atoms with Gasteiger partial charge < -0.3 is 0 Å². The van der Waals surface area contributed by atoms with E-state index in [1.165, 1.54) is 73.2 Å². The SMILES string of the molecule is CCCCc1cccc(CN=C2C3CCN(CC3)[C@H]2C(c2ccccc2)c2ccccc2)c1. The Labute approximate surface area is 199 Å². The van der Waals surface area contributed by atoms with Crippen molar-refractivity contribution >= 4 is 5.71 Å². The van der Waals surface area contributed by atoms with Crippen LogP contribution in [0.4, 0.5) is 0 Å². The number of rotatable bonds is 8. The highest BCUT2D eigenvalue weighted by molar-refractivity contribution is 5.94. The second-order valence-electron chi connectivity index (χ2n) is 9.72. The monoisotopic (exact) mass is 436 g/mol. The molecule has 0 aromatic heterocycles. The Morgan fingerprint density at radius 2 is 1.45 bits per heavy atom. The van der Waals surface area contributed by atoms with Crippen LogP contribution >= 0.6 is 0 Å². The highest BCUT2D eigenvalue weighted by atomic mass is 15.2. The maximum Gasteiger partial charge on any atom is 0.0640 e. The van der Waals surface area contributed by atoms with Gasteiger partial charge in [0, 0.05) is 17.5 Å². The summed E-state index contributed by atoms with van der Waals surface area (Å²) in [5.74, 6) is 0.948. The normalized spacial score (nSPS) is 23.3. The van der Waals surface area contributed by atoms with E-state index in [0.29, 0.717) is 17.9 Å². The summed E-state index contributed by atoms with van der Waals surface area (Å²) >= 11 is 0. The minimum Gasteiger partial charge on any atom is -0.294 e. The molecule has 0 unspecified atom stereocenters. The third-order valence-electron chi connectivity index (χ3n) is 7.53. The lowest BCUT2D eigenvalue weighted by atomic mass is 9.72. The fourth-order valence-electron chi connectivity index (χ4n) is 5.83. The van der Waals surface area contributed by atoms with Crippen molar-refractivity contribution in [2.24, 2.45) is 10.9 Å². The van der Waals surface area contributed by atoms with Crippen molar-refractivity contribution in [3.05, 3.63) is 107 Å². The summed E-state index contributed by atoms with van der Waals surface area (Å²) < 4.78 is 0. The van der Waals surface area contributed by atoms with Gasteiger partial charge in [-0.3, -0.25) is 9.89 Å². The zero-order valence-electron chi connectivity index (χ0n) is 19.9. The molecule has 1 atom stereocenters. The molecule has 0 aliphatic carbocycles. The zero-order valence-corrected chi connectivity index (χ0v) is 19.9. The molecule has 2 nitrogen and oxygen atoms in total. The van der Waals surface area contributed by atoms with Gasteiger partial charge in [0.15, 0.2) is 0 Å². The lowest BCUT2D eigenvalue weighted by molar-refractivity contribution is 0.135. The number of benzene rings is 3. The molecule has 3 aromatic carbocycles. The summed E-state index contributed by atoms with van der Waals surface area (Å²) in [4.78, 5) is 8.10. The first kappa shape index (κ1) is 22.1. The summed E-state index contributed by atoms with van der Waals surface area (Å²) in [6, 6.07) is 31.6. The molecule has 0 radical (unpaired) electrons. The van der Waals surface area contributed by atoms with Crippen LogP contribution in [0.1, 0.15) is 60.8 Å². The third kappa shape index (κ3) is 4.96. The molecular formula is C31H36N2. The number of aliphatic imine (C=N–C) groups is 1. The van der Waals surface area contributed by atoms with Gasteiger partial charge in [-0.1, -0.05) is 98.3 Å². The van der Waals surface area contributed by atoms with Gasteiger partial charge in [-0.2, -0.15) is 0 Å². The topological polar surface area (TPSA) is 15.6 Å². The number of aryl methyl sites for hydroxylation is 1. The molecule has 0 spiro atoms. The Hall–Kier alpha value is -2.71. The van der Waals surface area contributed by atoms with Gasteiger partial charge in [-0.15, -0.1) is 0 Å². The average Bonchev–Trinajstić information content (AvgIpc) is 2.89. The van der Waals surface area contributed by atoms with Crippen molar-refractivity contribution in [3.8, 4) is 0 Å². The van der Waals surface area contributed by atoms with Crippen LogP contribution in [0.15, 0.2) is 89.9 Å². The van der Waals surface area contributed by atoms with Crippen LogP contribution < -0.4 is 0 Å². The first-order valence-electron chi connectivity index (χ1n) is 12.8.